The monoisotopic (exact) mass is 338 g/mol. The number of amides is 2. The summed E-state index contributed by atoms with van der Waals surface area (Å²) in [4.78, 5) is 31.7. The minimum absolute atomic E-state index is 0.139. The molecule has 25 heavy (non-hydrogen) atoms. The van der Waals surface area contributed by atoms with Crippen molar-refractivity contribution in [2.24, 2.45) is 0 Å². The Morgan fingerprint density at radius 2 is 1.80 bits per heavy atom. The molecular weight excluding hydrogens is 316 g/mol. The molecule has 1 fully saturated rings. The van der Waals surface area contributed by atoms with Gasteiger partial charge in [-0.05, 0) is 29.8 Å². The highest BCUT2D eigenvalue weighted by molar-refractivity contribution is 6.04. The molecule has 1 aliphatic rings. The van der Waals surface area contributed by atoms with Crippen LogP contribution >= 0.6 is 0 Å². The quantitative estimate of drug-likeness (QED) is 0.926. The molecular formula is C19H22N4O2. The van der Waals surface area contributed by atoms with Crippen LogP contribution in [0.2, 0.25) is 0 Å². The van der Waals surface area contributed by atoms with Gasteiger partial charge in [0.2, 0.25) is 5.91 Å². The third-order valence-electron chi connectivity index (χ3n) is 4.35. The molecule has 0 unspecified atom stereocenters. The number of hydrogen-bond donors (Lipinski definition) is 1. The number of carbonyl (C=O) groups excluding carboxylic acids is 2. The van der Waals surface area contributed by atoms with Crippen molar-refractivity contribution in [2.45, 2.75) is 13.5 Å². The highest BCUT2D eigenvalue weighted by Gasteiger charge is 2.18. The number of carbonyl (C=O) groups is 2. The summed E-state index contributed by atoms with van der Waals surface area (Å²) < 4.78 is 0. The van der Waals surface area contributed by atoms with E-state index in [1.54, 1.807) is 31.5 Å². The van der Waals surface area contributed by atoms with Gasteiger partial charge in [0.25, 0.3) is 5.91 Å². The van der Waals surface area contributed by atoms with Crippen LogP contribution in [-0.2, 0) is 11.3 Å². The molecule has 2 amide bonds. The van der Waals surface area contributed by atoms with Crippen molar-refractivity contribution in [1.29, 1.82) is 0 Å². The van der Waals surface area contributed by atoms with Crippen molar-refractivity contribution < 1.29 is 9.59 Å². The van der Waals surface area contributed by atoms with Crippen LogP contribution < -0.4 is 5.32 Å². The Kier molecular flexibility index (Phi) is 5.40. The molecule has 0 atom stereocenters. The summed E-state index contributed by atoms with van der Waals surface area (Å²) in [7, 11) is 0. The van der Waals surface area contributed by atoms with E-state index in [1.165, 1.54) is 0 Å². The molecule has 2 aromatic rings. The highest BCUT2D eigenvalue weighted by Crippen LogP contribution is 2.15. The van der Waals surface area contributed by atoms with E-state index in [4.69, 9.17) is 0 Å². The van der Waals surface area contributed by atoms with Crippen molar-refractivity contribution in [3.05, 3.63) is 59.9 Å². The number of benzene rings is 1. The zero-order chi connectivity index (χ0) is 17.6. The molecule has 0 saturated carbocycles. The van der Waals surface area contributed by atoms with Crippen LogP contribution in [0.4, 0.5) is 5.69 Å². The molecule has 6 heteroatoms. The number of pyridine rings is 1. The van der Waals surface area contributed by atoms with Crippen LogP contribution in [0.5, 0.6) is 0 Å². The normalized spacial score (nSPS) is 15.0. The fourth-order valence-electron chi connectivity index (χ4n) is 2.93. The van der Waals surface area contributed by atoms with E-state index in [0.717, 1.165) is 44.0 Å². The summed E-state index contributed by atoms with van der Waals surface area (Å²) in [5, 5.41) is 2.92. The van der Waals surface area contributed by atoms with E-state index < -0.39 is 0 Å². The minimum Gasteiger partial charge on any atom is -0.340 e. The predicted octanol–water partition coefficient (Wildman–Crippen LogP) is 2.00. The second kappa shape index (κ2) is 7.90. The number of aromatic nitrogens is 1. The minimum atomic E-state index is -0.144. The smallest absolute Gasteiger partial charge is 0.255 e. The summed E-state index contributed by atoms with van der Waals surface area (Å²) in [5.74, 6) is -0.00454. The van der Waals surface area contributed by atoms with E-state index in [0.29, 0.717) is 5.56 Å². The number of piperazine rings is 1. The van der Waals surface area contributed by atoms with E-state index in [1.807, 2.05) is 23.1 Å². The maximum Gasteiger partial charge on any atom is 0.255 e. The van der Waals surface area contributed by atoms with Gasteiger partial charge in [0.1, 0.15) is 0 Å². The fraction of sp³-hybridized carbons (Fsp3) is 0.316. The fourth-order valence-corrected chi connectivity index (χ4v) is 2.93. The molecule has 0 spiro atoms. The zero-order valence-corrected chi connectivity index (χ0v) is 14.3. The summed E-state index contributed by atoms with van der Waals surface area (Å²) in [6, 6.07) is 11.3. The molecule has 3 rings (SSSR count). The lowest BCUT2D eigenvalue weighted by atomic mass is 10.1. The van der Waals surface area contributed by atoms with Gasteiger partial charge in [-0.2, -0.15) is 0 Å². The second-order valence-corrected chi connectivity index (χ2v) is 6.17. The second-order valence-electron chi connectivity index (χ2n) is 6.17. The molecule has 1 aromatic carbocycles. The number of nitrogens with zero attached hydrogens (tertiary/aromatic N) is 3. The van der Waals surface area contributed by atoms with Gasteiger partial charge >= 0.3 is 0 Å². The number of nitrogens with one attached hydrogen (secondary N) is 1. The average molecular weight is 338 g/mol. The summed E-state index contributed by atoms with van der Waals surface area (Å²) in [6.45, 7) is 5.71. The van der Waals surface area contributed by atoms with E-state index >= 15 is 0 Å². The summed E-state index contributed by atoms with van der Waals surface area (Å²) >= 11 is 0. The Morgan fingerprint density at radius 3 is 2.48 bits per heavy atom. The number of hydrogen-bond acceptors (Lipinski definition) is 4. The summed E-state index contributed by atoms with van der Waals surface area (Å²) in [5.41, 5.74) is 2.51. The van der Waals surface area contributed by atoms with Gasteiger partial charge in [-0.3, -0.25) is 19.5 Å². The van der Waals surface area contributed by atoms with Gasteiger partial charge in [-0.25, -0.2) is 0 Å². The first kappa shape index (κ1) is 17.1. The first-order valence-corrected chi connectivity index (χ1v) is 8.40. The standard InChI is InChI=1S/C19H22N4O2/c1-15(24)23-11-9-22(10-12-23)14-16-3-2-4-18(13-16)21-19(25)17-5-7-20-8-6-17/h2-8,13H,9-12,14H2,1H3,(H,21,25). The molecule has 130 valence electrons. The molecule has 1 saturated heterocycles. The third kappa shape index (κ3) is 4.64. The van der Waals surface area contributed by atoms with Crippen molar-refractivity contribution in [1.82, 2.24) is 14.8 Å². The van der Waals surface area contributed by atoms with E-state index in [9.17, 15) is 9.59 Å². The van der Waals surface area contributed by atoms with Gasteiger partial charge in [0, 0.05) is 63.3 Å². The third-order valence-corrected chi connectivity index (χ3v) is 4.35. The van der Waals surface area contributed by atoms with Gasteiger partial charge in [-0.15, -0.1) is 0 Å². The molecule has 0 bridgehead atoms. The zero-order valence-electron chi connectivity index (χ0n) is 14.3. The molecule has 0 radical (unpaired) electrons. The van der Waals surface area contributed by atoms with Crippen molar-refractivity contribution in [2.75, 3.05) is 31.5 Å². The van der Waals surface area contributed by atoms with Crippen molar-refractivity contribution in [3.63, 3.8) is 0 Å². The van der Waals surface area contributed by atoms with Crippen LogP contribution in [0.1, 0.15) is 22.8 Å². The van der Waals surface area contributed by atoms with Gasteiger partial charge in [0.15, 0.2) is 0 Å². The molecule has 6 nitrogen and oxygen atoms in total. The Labute approximate surface area is 147 Å². The van der Waals surface area contributed by atoms with Gasteiger partial charge < -0.3 is 10.2 Å². The van der Waals surface area contributed by atoms with Crippen LogP contribution in [-0.4, -0.2) is 52.8 Å². The first-order chi connectivity index (χ1) is 12.1. The van der Waals surface area contributed by atoms with Gasteiger partial charge in [0.05, 0.1) is 0 Å². The number of rotatable bonds is 4. The van der Waals surface area contributed by atoms with Crippen molar-refractivity contribution in [3.8, 4) is 0 Å². The Hall–Kier alpha value is -2.73. The lowest BCUT2D eigenvalue weighted by Crippen LogP contribution is -2.47. The average Bonchev–Trinajstić information content (AvgIpc) is 2.63. The molecule has 1 N–H and O–H groups in total. The predicted molar refractivity (Wildman–Crippen MR) is 96.2 cm³/mol. The Balaban J connectivity index is 1.58. The number of anilines is 1. The first-order valence-electron chi connectivity index (χ1n) is 8.40. The van der Waals surface area contributed by atoms with Crippen molar-refractivity contribution >= 4 is 17.5 Å². The maximum absolute atomic E-state index is 12.2. The topological polar surface area (TPSA) is 65.5 Å². The largest absolute Gasteiger partial charge is 0.340 e. The van der Waals surface area contributed by atoms with E-state index in [-0.39, 0.29) is 11.8 Å². The maximum atomic E-state index is 12.2. The van der Waals surface area contributed by atoms with Gasteiger partial charge in [-0.1, -0.05) is 12.1 Å². The highest BCUT2D eigenvalue weighted by atomic mass is 16.2. The lowest BCUT2D eigenvalue weighted by molar-refractivity contribution is -0.130. The van der Waals surface area contributed by atoms with Crippen LogP contribution in [0.25, 0.3) is 0 Å². The van der Waals surface area contributed by atoms with Crippen LogP contribution in [0.3, 0.4) is 0 Å². The molecule has 1 aliphatic heterocycles. The lowest BCUT2D eigenvalue weighted by Gasteiger charge is -2.34. The molecule has 1 aromatic heterocycles. The SMILES string of the molecule is CC(=O)N1CCN(Cc2cccc(NC(=O)c3ccncc3)c2)CC1. The van der Waals surface area contributed by atoms with E-state index in [2.05, 4.69) is 21.3 Å². The Bertz CT molecular complexity index is 740. The molecule has 2 heterocycles. The Morgan fingerprint density at radius 1 is 1.08 bits per heavy atom. The summed E-state index contributed by atoms with van der Waals surface area (Å²) in [6.07, 6.45) is 3.21. The molecule has 0 aliphatic carbocycles. The van der Waals surface area contributed by atoms with Crippen LogP contribution in [0.15, 0.2) is 48.8 Å². The van der Waals surface area contributed by atoms with Crippen LogP contribution in [0, 0.1) is 0 Å².